The van der Waals surface area contributed by atoms with Crippen LogP contribution >= 0.6 is 0 Å². The lowest BCUT2D eigenvalue weighted by atomic mass is 10.1. The Morgan fingerprint density at radius 2 is 2.27 bits per heavy atom. The van der Waals surface area contributed by atoms with E-state index in [-0.39, 0.29) is 18.2 Å². The smallest absolute Gasteiger partial charge is 0.191 e. The Labute approximate surface area is 130 Å². The molecule has 0 aromatic heterocycles. The van der Waals surface area contributed by atoms with Crippen molar-refractivity contribution >= 4 is 5.96 Å². The molecular weight excluding hydrogens is 285 g/mol. The summed E-state index contributed by atoms with van der Waals surface area (Å²) in [5, 5.41) is 16.4. The number of halogens is 1. The molecule has 5 nitrogen and oxygen atoms in total. The van der Waals surface area contributed by atoms with Crippen LogP contribution in [0, 0.1) is 5.82 Å². The number of ether oxygens (including phenoxy) is 1. The largest absolute Gasteiger partial charge is 0.386 e. The number of rotatable bonds is 6. The molecule has 1 aliphatic heterocycles. The van der Waals surface area contributed by atoms with Crippen LogP contribution in [0.15, 0.2) is 29.3 Å². The van der Waals surface area contributed by atoms with Gasteiger partial charge >= 0.3 is 0 Å². The summed E-state index contributed by atoms with van der Waals surface area (Å²) in [5.74, 6) is 0.191. The van der Waals surface area contributed by atoms with E-state index in [2.05, 4.69) is 15.6 Å². The van der Waals surface area contributed by atoms with E-state index in [1.807, 2.05) is 6.92 Å². The van der Waals surface area contributed by atoms with Crippen LogP contribution in [0.2, 0.25) is 0 Å². The minimum Gasteiger partial charge on any atom is -0.386 e. The molecule has 0 aliphatic carbocycles. The number of hydrogen-bond donors (Lipinski definition) is 3. The topological polar surface area (TPSA) is 65.9 Å². The van der Waals surface area contributed by atoms with Crippen molar-refractivity contribution < 1.29 is 14.2 Å². The highest BCUT2D eigenvalue weighted by molar-refractivity contribution is 5.79. The molecule has 0 amide bonds. The lowest BCUT2D eigenvalue weighted by Gasteiger charge is -2.16. The van der Waals surface area contributed by atoms with Crippen molar-refractivity contribution in [2.75, 3.05) is 26.2 Å². The molecule has 1 saturated heterocycles. The molecule has 2 unspecified atom stereocenters. The predicted molar refractivity (Wildman–Crippen MR) is 84.3 cm³/mol. The average molecular weight is 309 g/mol. The van der Waals surface area contributed by atoms with Gasteiger partial charge in [-0.3, -0.25) is 4.99 Å². The SMILES string of the molecule is CCNC(=NCC(O)c1ccccc1F)NCC1CCCO1. The molecular formula is C16H24FN3O2. The van der Waals surface area contributed by atoms with Crippen LogP contribution in [0.25, 0.3) is 0 Å². The molecule has 1 fully saturated rings. The lowest BCUT2D eigenvalue weighted by Crippen LogP contribution is -2.41. The highest BCUT2D eigenvalue weighted by atomic mass is 19.1. The van der Waals surface area contributed by atoms with Gasteiger partial charge in [0.15, 0.2) is 5.96 Å². The van der Waals surface area contributed by atoms with Crippen molar-refractivity contribution in [3.8, 4) is 0 Å². The first kappa shape index (κ1) is 16.7. The van der Waals surface area contributed by atoms with Gasteiger partial charge in [-0.1, -0.05) is 18.2 Å². The molecule has 0 radical (unpaired) electrons. The maximum absolute atomic E-state index is 13.6. The highest BCUT2D eigenvalue weighted by Gasteiger charge is 2.16. The van der Waals surface area contributed by atoms with E-state index < -0.39 is 11.9 Å². The van der Waals surface area contributed by atoms with Crippen LogP contribution in [-0.2, 0) is 4.74 Å². The molecule has 0 spiro atoms. The van der Waals surface area contributed by atoms with Crippen molar-refractivity contribution in [1.82, 2.24) is 10.6 Å². The second kappa shape index (κ2) is 8.70. The van der Waals surface area contributed by atoms with E-state index in [4.69, 9.17) is 4.74 Å². The summed E-state index contributed by atoms with van der Waals surface area (Å²) in [4.78, 5) is 4.31. The fourth-order valence-electron chi connectivity index (χ4n) is 2.38. The number of aliphatic hydroxyl groups excluding tert-OH is 1. The monoisotopic (exact) mass is 309 g/mol. The number of guanidine groups is 1. The van der Waals surface area contributed by atoms with Crippen molar-refractivity contribution in [2.24, 2.45) is 4.99 Å². The third-order valence-electron chi connectivity index (χ3n) is 3.55. The fraction of sp³-hybridized carbons (Fsp3) is 0.562. The minimum absolute atomic E-state index is 0.0990. The zero-order valence-corrected chi connectivity index (χ0v) is 12.9. The van der Waals surface area contributed by atoms with Gasteiger partial charge in [-0.15, -0.1) is 0 Å². The molecule has 22 heavy (non-hydrogen) atoms. The second-order valence-corrected chi connectivity index (χ2v) is 5.27. The number of hydrogen-bond acceptors (Lipinski definition) is 3. The van der Waals surface area contributed by atoms with E-state index in [0.29, 0.717) is 19.0 Å². The van der Waals surface area contributed by atoms with Gasteiger partial charge in [-0.2, -0.15) is 0 Å². The molecule has 1 heterocycles. The van der Waals surface area contributed by atoms with E-state index in [0.717, 1.165) is 19.4 Å². The normalized spacial score (nSPS) is 20.0. The molecule has 1 aliphatic rings. The maximum atomic E-state index is 13.6. The Hall–Kier alpha value is -1.66. The first-order valence-corrected chi connectivity index (χ1v) is 7.77. The van der Waals surface area contributed by atoms with Crippen molar-refractivity contribution in [3.63, 3.8) is 0 Å². The van der Waals surface area contributed by atoms with Gasteiger partial charge in [0.2, 0.25) is 0 Å². The van der Waals surface area contributed by atoms with E-state index in [9.17, 15) is 9.50 Å². The molecule has 1 aromatic rings. The zero-order valence-electron chi connectivity index (χ0n) is 12.9. The fourth-order valence-corrected chi connectivity index (χ4v) is 2.38. The molecule has 3 N–H and O–H groups in total. The third-order valence-corrected chi connectivity index (χ3v) is 3.55. The Kier molecular flexibility index (Phi) is 6.61. The molecule has 2 atom stereocenters. The van der Waals surface area contributed by atoms with Crippen molar-refractivity contribution in [2.45, 2.75) is 32.0 Å². The number of nitrogens with zero attached hydrogens (tertiary/aromatic N) is 1. The summed E-state index contributed by atoms with van der Waals surface area (Å²) >= 11 is 0. The van der Waals surface area contributed by atoms with Crippen LogP contribution in [-0.4, -0.2) is 43.4 Å². The second-order valence-electron chi connectivity index (χ2n) is 5.27. The Bertz CT molecular complexity index is 490. The van der Waals surface area contributed by atoms with Gasteiger partial charge in [0.05, 0.1) is 12.6 Å². The predicted octanol–water partition coefficient (Wildman–Crippen LogP) is 1.59. The van der Waals surface area contributed by atoms with E-state index >= 15 is 0 Å². The Balaban J connectivity index is 1.89. The standard InChI is InChI=1S/C16H24FN3O2/c1-2-18-16(19-10-12-6-5-9-22-12)20-11-15(21)13-7-3-4-8-14(13)17/h3-4,7-8,12,15,21H,2,5-6,9-11H2,1H3,(H2,18,19,20). The van der Waals surface area contributed by atoms with Crippen molar-refractivity contribution in [1.29, 1.82) is 0 Å². The number of nitrogens with one attached hydrogen (secondary N) is 2. The number of benzene rings is 1. The summed E-state index contributed by atoms with van der Waals surface area (Å²) in [5.41, 5.74) is 0.265. The summed E-state index contributed by atoms with van der Waals surface area (Å²) in [6.45, 7) is 4.28. The van der Waals surface area contributed by atoms with Gasteiger partial charge in [-0.05, 0) is 25.8 Å². The van der Waals surface area contributed by atoms with Gasteiger partial charge in [-0.25, -0.2) is 4.39 Å². The highest BCUT2D eigenvalue weighted by Crippen LogP contribution is 2.16. The van der Waals surface area contributed by atoms with E-state index in [1.54, 1.807) is 18.2 Å². The number of aliphatic imine (C=N–C) groups is 1. The van der Waals surface area contributed by atoms with Gasteiger partial charge in [0.1, 0.15) is 11.9 Å². The van der Waals surface area contributed by atoms with Gasteiger partial charge in [0.25, 0.3) is 0 Å². The average Bonchev–Trinajstić information content (AvgIpc) is 3.03. The molecule has 0 bridgehead atoms. The van der Waals surface area contributed by atoms with Crippen LogP contribution in [0.5, 0.6) is 0 Å². The van der Waals surface area contributed by atoms with Crippen molar-refractivity contribution in [3.05, 3.63) is 35.6 Å². The summed E-state index contributed by atoms with van der Waals surface area (Å²) in [7, 11) is 0. The molecule has 1 aromatic carbocycles. The summed E-state index contributed by atoms with van der Waals surface area (Å²) in [6, 6.07) is 6.21. The van der Waals surface area contributed by atoms with Crippen LogP contribution in [0.1, 0.15) is 31.4 Å². The zero-order chi connectivity index (χ0) is 15.8. The van der Waals surface area contributed by atoms with Gasteiger partial charge in [0, 0.05) is 25.3 Å². The van der Waals surface area contributed by atoms with E-state index in [1.165, 1.54) is 6.07 Å². The number of aliphatic hydroxyl groups is 1. The molecule has 6 heteroatoms. The summed E-state index contributed by atoms with van der Waals surface area (Å²) < 4.78 is 19.2. The quantitative estimate of drug-likeness (QED) is 0.551. The third kappa shape index (κ3) is 4.96. The van der Waals surface area contributed by atoms with Crippen LogP contribution in [0.4, 0.5) is 4.39 Å². The molecule has 0 saturated carbocycles. The summed E-state index contributed by atoms with van der Waals surface area (Å²) in [6.07, 6.45) is 1.38. The van der Waals surface area contributed by atoms with Gasteiger partial charge < -0.3 is 20.5 Å². The van der Waals surface area contributed by atoms with Crippen LogP contribution < -0.4 is 10.6 Å². The van der Waals surface area contributed by atoms with Crippen LogP contribution in [0.3, 0.4) is 0 Å². The maximum Gasteiger partial charge on any atom is 0.191 e. The lowest BCUT2D eigenvalue weighted by molar-refractivity contribution is 0.113. The minimum atomic E-state index is -0.959. The molecule has 122 valence electrons. The first-order valence-electron chi connectivity index (χ1n) is 7.77. The molecule has 2 rings (SSSR count). The Morgan fingerprint density at radius 1 is 1.45 bits per heavy atom. The Morgan fingerprint density at radius 3 is 2.95 bits per heavy atom. The first-order chi connectivity index (χ1) is 10.7.